The van der Waals surface area contributed by atoms with Gasteiger partial charge in [0.25, 0.3) is 0 Å². The molecule has 1 N–H and O–H groups in total. The van der Waals surface area contributed by atoms with Crippen LogP contribution in [0.3, 0.4) is 0 Å². The minimum atomic E-state index is -0.531. The fourth-order valence-corrected chi connectivity index (χ4v) is 0.445. The molecule has 0 bridgehead atoms. The number of rotatable bonds is 3. The number of amides is 1. The number of methoxy groups -OCH3 is 1. The lowest BCUT2D eigenvalue weighted by atomic mass is 10.4. The highest BCUT2D eigenvalue weighted by Gasteiger charge is 1.94. The average molecular weight is 157 g/mol. The summed E-state index contributed by atoms with van der Waals surface area (Å²) in [6.07, 6.45) is 2.21. The Balaban J connectivity index is 3.73. The zero-order chi connectivity index (χ0) is 8.69. The molecule has 11 heavy (non-hydrogen) atoms. The Labute approximate surface area is 65.2 Å². The van der Waals surface area contributed by atoms with Crippen molar-refractivity contribution in [2.75, 3.05) is 13.7 Å². The van der Waals surface area contributed by atoms with Crippen LogP contribution in [0.4, 0.5) is 0 Å². The molecule has 0 saturated heterocycles. The highest BCUT2D eigenvalue weighted by Crippen LogP contribution is 1.77. The third-order valence-electron chi connectivity index (χ3n) is 0.923. The first-order valence-electron chi connectivity index (χ1n) is 3.24. The summed E-state index contributed by atoms with van der Waals surface area (Å²) in [4.78, 5) is 21.1. The molecule has 4 heteroatoms. The number of hydrogen-bond donors (Lipinski definition) is 1. The lowest BCUT2D eigenvalue weighted by Gasteiger charge is -1.93. The largest absolute Gasteiger partial charge is 0.466 e. The Kier molecular flexibility index (Phi) is 4.81. The zero-order valence-corrected chi connectivity index (χ0v) is 6.59. The van der Waals surface area contributed by atoms with E-state index >= 15 is 0 Å². The fraction of sp³-hybridized carbons (Fsp3) is 0.429. The normalized spacial score (nSPS) is 9.64. The van der Waals surface area contributed by atoms with E-state index in [0.29, 0.717) is 6.54 Å². The van der Waals surface area contributed by atoms with Gasteiger partial charge in [0.15, 0.2) is 0 Å². The van der Waals surface area contributed by atoms with E-state index in [1.54, 1.807) is 6.92 Å². The summed E-state index contributed by atoms with van der Waals surface area (Å²) >= 11 is 0. The molecule has 0 fully saturated rings. The molecule has 1 amide bonds. The van der Waals surface area contributed by atoms with Crippen LogP contribution in [0.25, 0.3) is 0 Å². The van der Waals surface area contributed by atoms with E-state index in [9.17, 15) is 9.59 Å². The molecule has 0 radical (unpaired) electrons. The summed E-state index contributed by atoms with van der Waals surface area (Å²) in [6, 6.07) is 0. The third kappa shape index (κ3) is 5.14. The van der Waals surface area contributed by atoms with Gasteiger partial charge in [0.05, 0.1) is 7.11 Å². The predicted octanol–water partition coefficient (Wildman–Crippen LogP) is -0.148. The molecule has 0 aliphatic heterocycles. The first kappa shape index (κ1) is 9.68. The molecule has 0 aliphatic rings. The monoisotopic (exact) mass is 157 g/mol. The van der Waals surface area contributed by atoms with Crippen molar-refractivity contribution in [3.05, 3.63) is 12.2 Å². The summed E-state index contributed by atoms with van der Waals surface area (Å²) in [7, 11) is 1.25. The molecule has 0 rings (SSSR count). The number of ether oxygens (including phenoxy) is 1. The van der Waals surface area contributed by atoms with Crippen molar-refractivity contribution in [3.8, 4) is 0 Å². The molecule has 0 aromatic heterocycles. The number of carbonyl (C=O) groups is 2. The summed E-state index contributed by atoms with van der Waals surface area (Å²) in [5.74, 6) is -0.825. The van der Waals surface area contributed by atoms with Gasteiger partial charge in [-0.25, -0.2) is 4.79 Å². The van der Waals surface area contributed by atoms with Gasteiger partial charge in [-0.1, -0.05) is 0 Å². The van der Waals surface area contributed by atoms with Gasteiger partial charge < -0.3 is 10.1 Å². The smallest absolute Gasteiger partial charge is 0.330 e. The average Bonchev–Trinajstić information content (AvgIpc) is 2.01. The number of carbonyl (C=O) groups excluding carboxylic acids is 2. The van der Waals surface area contributed by atoms with Gasteiger partial charge >= 0.3 is 5.97 Å². The van der Waals surface area contributed by atoms with Crippen molar-refractivity contribution >= 4 is 11.9 Å². The van der Waals surface area contributed by atoms with Crippen LogP contribution in [0.2, 0.25) is 0 Å². The Bertz CT molecular complexity index is 175. The van der Waals surface area contributed by atoms with E-state index in [1.807, 2.05) is 0 Å². The summed E-state index contributed by atoms with van der Waals surface area (Å²) in [5.41, 5.74) is 0. The highest BCUT2D eigenvalue weighted by molar-refractivity contribution is 5.94. The molecule has 0 spiro atoms. The molecular weight excluding hydrogens is 146 g/mol. The number of hydrogen-bond acceptors (Lipinski definition) is 3. The van der Waals surface area contributed by atoms with Crippen LogP contribution in [0, 0.1) is 0 Å². The van der Waals surface area contributed by atoms with Gasteiger partial charge in [0, 0.05) is 18.7 Å². The topological polar surface area (TPSA) is 55.4 Å². The zero-order valence-electron chi connectivity index (χ0n) is 6.59. The third-order valence-corrected chi connectivity index (χ3v) is 0.923. The fourth-order valence-electron chi connectivity index (χ4n) is 0.445. The van der Waals surface area contributed by atoms with Crippen LogP contribution < -0.4 is 5.32 Å². The van der Waals surface area contributed by atoms with Gasteiger partial charge in [0.2, 0.25) is 5.91 Å². The maximum Gasteiger partial charge on any atom is 0.330 e. The van der Waals surface area contributed by atoms with Gasteiger partial charge in [-0.3, -0.25) is 4.79 Å². The molecule has 0 heterocycles. The molecule has 0 aromatic carbocycles. The van der Waals surface area contributed by atoms with Crippen LogP contribution in [-0.2, 0) is 14.3 Å². The molecule has 0 unspecified atom stereocenters. The van der Waals surface area contributed by atoms with Crippen LogP contribution >= 0.6 is 0 Å². The van der Waals surface area contributed by atoms with Gasteiger partial charge in [-0.15, -0.1) is 0 Å². The summed E-state index contributed by atoms with van der Waals surface area (Å²) < 4.78 is 4.27. The van der Waals surface area contributed by atoms with E-state index in [-0.39, 0.29) is 5.91 Å². The van der Waals surface area contributed by atoms with E-state index in [2.05, 4.69) is 10.1 Å². The number of esters is 1. The van der Waals surface area contributed by atoms with Gasteiger partial charge in [-0.05, 0) is 6.92 Å². The molecule has 0 aromatic rings. The first-order valence-corrected chi connectivity index (χ1v) is 3.24. The first-order chi connectivity index (χ1) is 5.20. The van der Waals surface area contributed by atoms with E-state index < -0.39 is 5.97 Å². The van der Waals surface area contributed by atoms with E-state index in [4.69, 9.17) is 0 Å². The van der Waals surface area contributed by atoms with Crippen molar-refractivity contribution in [2.24, 2.45) is 0 Å². The molecule has 0 atom stereocenters. The Morgan fingerprint density at radius 1 is 1.45 bits per heavy atom. The van der Waals surface area contributed by atoms with Crippen LogP contribution in [0.15, 0.2) is 12.2 Å². The maximum atomic E-state index is 10.7. The van der Waals surface area contributed by atoms with Crippen molar-refractivity contribution in [2.45, 2.75) is 6.92 Å². The molecule has 0 aliphatic carbocycles. The molecular formula is C7H11NO3. The molecule has 62 valence electrons. The standard InChI is InChI=1S/C7H11NO3/c1-3-8-6(9)4-5-7(10)11-2/h4-5H,3H2,1-2H3,(H,8,9)/b5-4-. The second kappa shape index (κ2) is 5.46. The van der Waals surface area contributed by atoms with Gasteiger partial charge in [-0.2, -0.15) is 0 Å². The minimum Gasteiger partial charge on any atom is -0.466 e. The van der Waals surface area contributed by atoms with E-state index in [1.165, 1.54) is 7.11 Å². The van der Waals surface area contributed by atoms with Crippen molar-refractivity contribution in [1.29, 1.82) is 0 Å². The Hall–Kier alpha value is -1.32. The number of nitrogens with one attached hydrogen (secondary N) is 1. The van der Waals surface area contributed by atoms with Crippen molar-refractivity contribution < 1.29 is 14.3 Å². The minimum absolute atomic E-state index is 0.294. The van der Waals surface area contributed by atoms with Crippen molar-refractivity contribution in [1.82, 2.24) is 5.32 Å². The Morgan fingerprint density at radius 2 is 2.09 bits per heavy atom. The maximum absolute atomic E-state index is 10.7. The number of likely N-dealkylation sites (N-methyl/N-ethyl adjacent to an activating group) is 1. The molecule has 4 nitrogen and oxygen atoms in total. The second-order valence-electron chi connectivity index (χ2n) is 1.75. The lowest BCUT2D eigenvalue weighted by Crippen LogP contribution is -2.20. The highest BCUT2D eigenvalue weighted by atomic mass is 16.5. The van der Waals surface area contributed by atoms with Crippen molar-refractivity contribution in [3.63, 3.8) is 0 Å². The summed E-state index contributed by atoms with van der Waals surface area (Å²) in [6.45, 7) is 2.34. The second-order valence-corrected chi connectivity index (χ2v) is 1.75. The quantitative estimate of drug-likeness (QED) is 0.458. The van der Waals surface area contributed by atoms with E-state index in [0.717, 1.165) is 12.2 Å². The Morgan fingerprint density at radius 3 is 2.55 bits per heavy atom. The van der Waals surface area contributed by atoms with Crippen LogP contribution in [0.5, 0.6) is 0 Å². The SMILES string of the molecule is CCNC(=O)/C=C\C(=O)OC. The lowest BCUT2D eigenvalue weighted by molar-refractivity contribution is -0.135. The van der Waals surface area contributed by atoms with Crippen LogP contribution in [-0.4, -0.2) is 25.5 Å². The molecule has 0 saturated carbocycles. The van der Waals surface area contributed by atoms with Gasteiger partial charge in [0.1, 0.15) is 0 Å². The van der Waals surface area contributed by atoms with Crippen LogP contribution in [0.1, 0.15) is 6.92 Å². The predicted molar refractivity (Wildman–Crippen MR) is 39.8 cm³/mol. The summed E-state index contributed by atoms with van der Waals surface area (Å²) in [5, 5.41) is 2.49.